The fourth-order valence-corrected chi connectivity index (χ4v) is 6.49. The van der Waals surface area contributed by atoms with Crippen molar-refractivity contribution in [3.05, 3.63) is 41.7 Å². The average Bonchev–Trinajstić information content (AvgIpc) is 3.50. The number of hydrogen-bond acceptors (Lipinski definition) is 6. The lowest BCUT2D eigenvalue weighted by Gasteiger charge is -2.41. The first-order valence-electron chi connectivity index (χ1n) is 16.6. The van der Waals surface area contributed by atoms with E-state index in [0.29, 0.717) is 25.1 Å². The summed E-state index contributed by atoms with van der Waals surface area (Å²) in [6, 6.07) is 2.03. The van der Waals surface area contributed by atoms with Crippen LogP contribution in [0.4, 0.5) is 0 Å². The Balaban J connectivity index is 1.75. The number of amides is 4. The van der Waals surface area contributed by atoms with Crippen molar-refractivity contribution in [2.24, 2.45) is 11.3 Å². The standard InChI is InChI=1S/C35H56N6O4/c1-23(2)29(21-25(5)33(44)41-20-12-14-27(41)31(42)37-22-26-15-17-36-18-16-26)39(9)34(45)30(35(6,7)8)38-32(43)28-13-10-11-19-40(28)24(3)4/h15-18,21,23-24,27-30H,10-14,19-20,22H2,1-9H3,(H,37,42)(H,38,43)/t27-,28?,29+,30+/m0/s1. The number of likely N-dealkylation sites (tertiary alicyclic amines) is 2. The van der Waals surface area contributed by atoms with Crippen LogP contribution in [0, 0.1) is 11.3 Å². The molecular weight excluding hydrogens is 568 g/mol. The predicted molar refractivity (Wildman–Crippen MR) is 177 cm³/mol. The Morgan fingerprint density at radius 3 is 2.22 bits per heavy atom. The van der Waals surface area contributed by atoms with Gasteiger partial charge in [-0.05, 0) is 82.0 Å². The maximum Gasteiger partial charge on any atom is 0.249 e. The van der Waals surface area contributed by atoms with Gasteiger partial charge in [-0.25, -0.2) is 0 Å². The van der Waals surface area contributed by atoms with Gasteiger partial charge in [0.05, 0.1) is 12.1 Å². The van der Waals surface area contributed by atoms with Gasteiger partial charge in [-0.2, -0.15) is 0 Å². The van der Waals surface area contributed by atoms with E-state index in [2.05, 4.69) is 34.4 Å². The van der Waals surface area contributed by atoms with Gasteiger partial charge in [0, 0.05) is 44.1 Å². The molecule has 0 bridgehead atoms. The van der Waals surface area contributed by atoms with Crippen molar-refractivity contribution in [1.29, 1.82) is 0 Å². The Bertz CT molecular complexity index is 1210. The molecule has 0 spiro atoms. The van der Waals surface area contributed by atoms with Crippen molar-refractivity contribution in [2.45, 2.75) is 124 Å². The molecule has 1 unspecified atom stereocenters. The highest BCUT2D eigenvalue weighted by molar-refractivity contribution is 5.97. The van der Waals surface area contributed by atoms with E-state index in [4.69, 9.17) is 0 Å². The van der Waals surface area contributed by atoms with Gasteiger partial charge >= 0.3 is 0 Å². The van der Waals surface area contributed by atoms with Crippen molar-refractivity contribution in [2.75, 3.05) is 20.1 Å². The molecule has 2 fully saturated rings. The second-order valence-corrected chi connectivity index (χ2v) is 14.4. The van der Waals surface area contributed by atoms with E-state index in [9.17, 15) is 19.2 Å². The van der Waals surface area contributed by atoms with Crippen molar-refractivity contribution in [3.63, 3.8) is 0 Å². The van der Waals surface area contributed by atoms with Crippen molar-refractivity contribution in [3.8, 4) is 0 Å². The molecule has 2 saturated heterocycles. The van der Waals surface area contributed by atoms with E-state index in [-0.39, 0.29) is 47.7 Å². The third kappa shape index (κ3) is 9.37. The molecule has 10 nitrogen and oxygen atoms in total. The molecule has 4 amide bonds. The maximum atomic E-state index is 14.1. The minimum atomic E-state index is -0.733. The van der Waals surface area contributed by atoms with Crippen LogP contribution in [0.15, 0.2) is 36.2 Å². The molecule has 1 aromatic heterocycles. The van der Waals surface area contributed by atoms with Crippen molar-refractivity contribution >= 4 is 23.6 Å². The van der Waals surface area contributed by atoms with Gasteiger partial charge in [-0.3, -0.25) is 29.1 Å². The van der Waals surface area contributed by atoms with Crippen LogP contribution in [0.5, 0.6) is 0 Å². The summed E-state index contributed by atoms with van der Waals surface area (Å²) in [7, 11) is 1.75. The van der Waals surface area contributed by atoms with Crippen LogP contribution in [0.3, 0.4) is 0 Å². The van der Waals surface area contributed by atoms with E-state index in [1.54, 1.807) is 36.2 Å². The average molecular weight is 625 g/mol. The van der Waals surface area contributed by atoms with Crippen LogP contribution in [0.1, 0.15) is 93.1 Å². The first-order valence-corrected chi connectivity index (χ1v) is 16.6. The largest absolute Gasteiger partial charge is 0.350 e. The van der Waals surface area contributed by atoms with Gasteiger partial charge < -0.3 is 20.4 Å². The molecule has 0 aromatic carbocycles. The van der Waals surface area contributed by atoms with Gasteiger partial charge in [0.25, 0.3) is 0 Å². The predicted octanol–water partition coefficient (Wildman–Crippen LogP) is 3.91. The number of hydrogen-bond donors (Lipinski definition) is 2. The number of aromatic nitrogens is 1. The molecule has 2 aliphatic heterocycles. The third-order valence-corrected chi connectivity index (χ3v) is 9.18. The Morgan fingerprint density at radius 1 is 0.978 bits per heavy atom. The summed E-state index contributed by atoms with van der Waals surface area (Å²) in [5, 5.41) is 6.09. The number of likely N-dealkylation sites (N-methyl/N-ethyl adjacent to an activating group) is 1. The molecule has 2 aliphatic rings. The number of piperidine rings is 1. The smallest absolute Gasteiger partial charge is 0.249 e. The monoisotopic (exact) mass is 624 g/mol. The molecule has 45 heavy (non-hydrogen) atoms. The zero-order valence-electron chi connectivity index (χ0n) is 28.9. The van der Waals surface area contributed by atoms with E-state index in [0.717, 1.165) is 37.8 Å². The Hall–Kier alpha value is -3.27. The molecule has 1 aromatic rings. The Kier molecular flexibility index (Phi) is 12.7. The Labute approximate surface area is 270 Å². The number of nitrogens with zero attached hydrogens (tertiary/aromatic N) is 4. The normalized spacial score (nSPS) is 21.0. The second kappa shape index (κ2) is 15.8. The minimum absolute atomic E-state index is 0.00540. The van der Waals surface area contributed by atoms with Crippen LogP contribution in [-0.4, -0.2) is 93.7 Å². The molecule has 3 rings (SSSR count). The highest BCUT2D eigenvalue weighted by Crippen LogP contribution is 2.27. The van der Waals surface area contributed by atoms with Crippen molar-refractivity contribution in [1.82, 2.24) is 30.3 Å². The number of nitrogens with one attached hydrogen (secondary N) is 2. The number of carbonyl (C=O) groups is 4. The number of carbonyl (C=O) groups excluding carboxylic acids is 4. The van der Waals surface area contributed by atoms with E-state index >= 15 is 0 Å². The van der Waals surface area contributed by atoms with Crippen LogP contribution in [0.2, 0.25) is 0 Å². The van der Waals surface area contributed by atoms with Crippen LogP contribution < -0.4 is 10.6 Å². The molecule has 250 valence electrons. The highest BCUT2D eigenvalue weighted by Gasteiger charge is 2.40. The zero-order chi connectivity index (χ0) is 33.5. The molecule has 0 saturated carbocycles. The maximum absolute atomic E-state index is 14.1. The fourth-order valence-electron chi connectivity index (χ4n) is 6.49. The van der Waals surface area contributed by atoms with Gasteiger partial charge in [-0.15, -0.1) is 0 Å². The van der Waals surface area contributed by atoms with E-state index < -0.39 is 17.5 Å². The number of pyridine rings is 1. The van der Waals surface area contributed by atoms with E-state index in [1.807, 2.05) is 52.8 Å². The first kappa shape index (κ1) is 36.2. The summed E-state index contributed by atoms with van der Waals surface area (Å²) in [6.07, 6.45) is 9.41. The van der Waals surface area contributed by atoms with E-state index in [1.165, 1.54) is 0 Å². The Morgan fingerprint density at radius 2 is 1.62 bits per heavy atom. The van der Waals surface area contributed by atoms with Gasteiger partial charge in [0.15, 0.2) is 0 Å². The zero-order valence-corrected chi connectivity index (χ0v) is 28.9. The van der Waals surface area contributed by atoms with Crippen LogP contribution in [0.25, 0.3) is 0 Å². The molecule has 2 N–H and O–H groups in total. The number of rotatable bonds is 11. The van der Waals surface area contributed by atoms with Gasteiger partial charge in [0.1, 0.15) is 12.1 Å². The quantitative estimate of drug-likeness (QED) is 0.361. The lowest BCUT2D eigenvalue weighted by molar-refractivity contribution is -0.142. The second-order valence-electron chi connectivity index (χ2n) is 14.4. The van der Waals surface area contributed by atoms with Gasteiger partial charge in [0.2, 0.25) is 23.6 Å². The SMILES string of the molecule is CC(=C[C@H](C(C)C)N(C)C(=O)[C@@H](NC(=O)C1CCCCN1C(C)C)C(C)(C)C)C(=O)N1CCC[C@H]1C(=O)NCc1ccncc1. The lowest BCUT2D eigenvalue weighted by Crippen LogP contribution is -2.60. The molecule has 0 aliphatic carbocycles. The molecular formula is C35H56N6O4. The molecule has 10 heteroatoms. The molecule has 4 atom stereocenters. The van der Waals surface area contributed by atoms with Crippen LogP contribution in [-0.2, 0) is 25.7 Å². The summed E-state index contributed by atoms with van der Waals surface area (Å²) in [5.74, 6) is -0.653. The fraction of sp³-hybridized carbons (Fsp3) is 0.686. The summed E-state index contributed by atoms with van der Waals surface area (Å²) in [5.41, 5.74) is 0.910. The summed E-state index contributed by atoms with van der Waals surface area (Å²) >= 11 is 0. The highest BCUT2D eigenvalue weighted by atomic mass is 16.2. The molecule has 0 radical (unpaired) electrons. The van der Waals surface area contributed by atoms with Gasteiger partial charge in [-0.1, -0.05) is 47.1 Å². The minimum Gasteiger partial charge on any atom is -0.350 e. The topological polar surface area (TPSA) is 115 Å². The van der Waals surface area contributed by atoms with Crippen LogP contribution >= 0.6 is 0 Å². The lowest BCUT2D eigenvalue weighted by atomic mass is 9.84. The molecule has 3 heterocycles. The van der Waals surface area contributed by atoms with Crippen molar-refractivity contribution < 1.29 is 19.2 Å². The summed E-state index contributed by atoms with van der Waals surface area (Å²) in [4.78, 5) is 64.1. The summed E-state index contributed by atoms with van der Waals surface area (Å²) in [6.45, 7) is 17.6. The first-order chi connectivity index (χ1) is 21.1. The summed E-state index contributed by atoms with van der Waals surface area (Å²) < 4.78 is 0. The third-order valence-electron chi connectivity index (χ3n) is 9.18.